The maximum atomic E-state index is 15.4. The lowest BCUT2D eigenvalue weighted by Crippen LogP contribution is -2.70. The fraction of sp³-hybridized carbons (Fsp3) is 0.477. The largest absolute Gasteiger partial charge is 0.459 e. The predicted molar refractivity (Wildman–Crippen MR) is 308 cm³/mol. The Balaban J connectivity index is 1.15. The molecule has 0 spiro atoms. The average Bonchev–Trinajstić information content (AvgIpc) is 1.76. The number of amides is 1. The summed E-state index contributed by atoms with van der Waals surface area (Å²) in [6.07, 6.45) is 19.2. The minimum Gasteiger partial charge on any atom is -0.459 e. The molecule has 80 heavy (non-hydrogen) atoms. The molecule has 0 radical (unpaired) electrons. The summed E-state index contributed by atoms with van der Waals surface area (Å²) >= 11 is 0. The van der Waals surface area contributed by atoms with Crippen molar-refractivity contribution < 1.29 is 53.2 Å². The van der Waals surface area contributed by atoms with Crippen molar-refractivity contribution in [3.63, 3.8) is 0 Å². The van der Waals surface area contributed by atoms with Gasteiger partial charge in [0, 0.05) is 49.8 Å². The summed E-state index contributed by atoms with van der Waals surface area (Å²) in [5, 5.41) is 39.0. The molecule has 1 saturated carbocycles. The molecule has 0 aromatic heterocycles. The van der Waals surface area contributed by atoms with E-state index in [0.29, 0.717) is 59.3 Å². The third kappa shape index (κ3) is 14.0. The van der Waals surface area contributed by atoms with Crippen molar-refractivity contribution in [2.24, 2.45) is 22.9 Å². The van der Waals surface area contributed by atoms with Gasteiger partial charge in [0.15, 0.2) is 11.5 Å². The zero-order valence-electron chi connectivity index (χ0n) is 46.4. The number of hydrogen-bond acceptors (Lipinski definition) is 13. The van der Waals surface area contributed by atoms with Crippen molar-refractivity contribution in [1.29, 1.82) is 0 Å². The number of fused-ring (bicyclic) bond motifs is 4. The minimum absolute atomic E-state index is 0.0169. The highest BCUT2D eigenvalue weighted by atomic mass is 16.7. The SMILES string of the molecule is C=CCO[C@@]12Oc3ccc(Oc4ccc5ccccc5c4)cc3[C@H]3[C@H](CCCCO)[C@@H](CCCCO)C=C(C(=NOCc4ccc([N+](=O)[O-])cc4)C[C@@H]1N(Cc1ccc4c(c1)OCO4)C(=O)OCCCCCCCCCCCC)[C@H]32. The van der Waals surface area contributed by atoms with Gasteiger partial charge in [-0.3, -0.25) is 15.0 Å². The van der Waals surface area contributed by atoms with Crippen LogP contribution in [0, 0.1) is 27.9 Å². The van der Waals surface area contributed by atoms with Crippen LogP contribution < -0.4 is 18.9 Å². The van der Waals surface area contributed by atoms with Crippen molar-refractivity contribution >= 4 is 28.3 Å². The summed E-state index contributed by atoms with van der Waals surface area (Å²) in [5.74, 6) is 0.543. The van der Waals surface area contributed by atoms with E-state index >= 15 is 4.79 Å². The van der Waals surface area contributed by atoms with Gasteiger partial charge >= 0.3 is 6.09 Å². The zero-order valence-corrected chi connectivity index (χ0v) is 46.4. The van der Waals surface area contributed by atoms with E-state index in [-0.39, 0.29) is 76.2 Å². The first-order valence-corrected chi connectivity index (χ1v) is 29.2. The Hall–Kier alpha value is -6.94. The highest BCUT2D eigenvalue weighted by Gasteiger charge is 2.66. The summed E-state index contributed by atoms with van der Waals surface area (Å²) in [5.41, 5.74) is 3.80. The van der Waals surface area contributed by atoms with E-state index in [1.54, 1.807) is 23.1 Å². The van der Waals surface area contributed by atoms with Crippen LogP contribution in [0.1, 0.15) is 139 Å². The number of nitrogens with zero attached hydrogens (tertiary/aromatic N) is 3. The molecule has 0 saturated heterocycles. The molecular formula is C65H79N3O12. The number of unbranched alkanes of at least 4 members (excludes halogenated alkanes) is 11. The van der Waals surface area contributed by atoms with Crippen LogP contribution in [0.4, 0.5) is 10.5 Å². The van der Waals surface area contributed by atoms with Gasteiger partial charge in [-0.25, -0.2) is 4.79 Å². The quantitative estimate of drug-likeness (QED) is 0.0186. The summed E-state index contributed by atoms with van der Waals surface area (Å²) in [4.78, 5) is 34.5. The number of ether oxygens (including phenoxy) is 6. The molecule has 4 aliphatic rings. The molecule has 9 rings (SSSR count). The molecule has 2 aliphatic heterocycles. The molecule has 1 amide bonds. The second-order valence-corrected chi connectivity index (χ2v) is 21.7. The lowest BCUT2D eigenvalue weighted by atomic mass is 9.55. The number of carbonyl (C=O) groups is 1. The average molecular weight is 1090 g/mol. The number of allylic oxidation sites excluding steroid dienone is 1. The third-order valence-electron chi connectivity index (χ3n) is 16.3. The second kappa shape index (κ2) is 28.5. The Bertz CT molecular complexity index is 2930. The number of nitro benzene ring substituents is 1. The van der Waals surface area contributed by atoms with Crippen LogP contribution in [0.3, 0.4) is 0 Å². The van der Waals surface area contributed by atoms with E-state index in [2.05, 4.69) is 37.8 Å². The summed E-state index contributed by atoms with van der Waals surface area (Å²) in [7, 11) is 0. The molecule has 6 atom stereocenters. The lowest BCUT2D eigenvalue weighted by molar-refractivity contribution is -0.384. The molecule has 15 nitrogen and oxygen atoms in total. The lowest BCUT2D eigenvalue weighted by Gasteiger charge is -2.59. The Morgan fingerprint density at radius 3 is 2.23 bits per heavy atom. The number of nitro groups is 1. The molecule has 426 valence electrons. The van der Waals surface area contributed by atoms with Crippen LogP contribution in [0.5, 0.6) is 28.7 Å². The maximum Gasteiger partial charge on any atom is 0.410 e. The first-order chi connectivity index (χ1) is 39.2. The number of aliphatic hydroxyl groups excluding tert-OH is 2. The van der Waals surface area contributed by atoms with Crippen molar-refractivity contribution in [3.8, 4) is 28.7 Å². The predicted octanol–water partition coefficient (Wildman–Crippen LogP) is 14.7. The van der Waals surface area contributed by atoms with E-state index in [1.165, 1.54) is 50.7 Å². The van der Waals surface area contributed by atoms with Gasteiger partial charge in [0.1, 0.15) is 29.9 Å². The van der Waals surface area contributed by atoms with Crippen LogP contribution in [-0.2, 0) is 27.5 Å². The smallest absolute Gasteiger partial charge is 0.410 e. The number of oxime groups is 1. The maximum absolute atomic E-state index is 15.4. The van der Waals surface area contributed by atoms with Crippen LogP contribution in [0.2, 0.25) is 0 Å². The van der Waals surface area contributed by atoms with Crippen LogP contribution >= 0.6 is 0 Å². The van der Waals surface area contributed by atoms with E-state index in [0.717, 1.165) is 72.4 Å². The van der Waals surface area contributed by atoms with Gasteiger partial charge in [-0.15, -0.1) is 6.58 Å². The minimum atomic E-state index is -1.56. The molecule has 5 aromatic carbocycles. The molecule has 0 bridgehead atoms. The van der Waals surface area contributed by atoms with E-state index in [1.807, 2.05) is 60.7 Å². The number of aliphatic hydroxyl groups is 2. The van der Waals surface area contributed by atoms with Crippen molar-refractivity contribution in [1.82, 2.24) is 4.90 Å². The molecule has 5 aromatic rings. The van der Waals surface area contributed by atoms with Crippen LogP contribution in [-0.4, -0.2) is 76.9 Å². The molecule has 0 unspecified atom stereocenters. The van der Waals surface area contributed by atoms with Gasteiger partial charge in [-0.2, -0.15) is 0 Å². The second-order valence-electron chi connectivity index (χ2n) is 21.7. The zero-order chi connectivity index (χ0) is 55.7. The topological polar surface area (TPSA) is 181 Å². The number of carbonyl (C=O) groups excluding carboxylic acids is 1. The first kappa shape index (κ1) is 57.7. The summed E-state index contributed by atoms with van der Waals surface area (Å²) in [6, 6.07) is 31.1. The van der Waals surface area contributed by atoms with Gasteiger partial charge < -0.3 is 43.5 Å². The molecule has 2 heterocycles. The number of hydrogen-bond donors (Lipinski definition) is 2. The molecule has 2 aliphatic carbocycles. The summed E-state index contributed by atoms with van der Waals surface area (Å²) in [6.45, 7) is 6.96. The standard InChI is InChI=1S/C65H79N3O12/c1-3-5-6-7-8-9-10-11-12-19-37-74-64(71)67(43-47-26-32-59-60(38-47)76-45-75-59)61-42-57(66-78-44-46-24-28-51(29-25-46)68(72)73)55-40-50(22-15-17-34-69)54(23-16-18-35-70)62-56-41-53(79-52-30-27-48-20-13-14-21-49(48)39-52)31-33-58(56)80-65(61,63(55)62)77-36-4-2/h4,13-14,20-21,24-33,38-41,50,54,61-63,69-70H,2-3,5-12,15-19,22-23,34-37,42-45H2,1H3/t50-,54+,61-,62+,63+,65+/m0/s1. The van der Waals surface area contributed by atoms with Crippen LogP contribution in [0.25, 0.3) is 10.8 Å². The van der Waals surface area contributed by atoms with Crippen molar-refractivity contribution in [2.75, 3.05) is 33.2 Å². The summed E-state index contributed by atoms with van der Waals surface area (Å²) < 4.78 is 39.5. The fourth-order valence-corrected chi connectivity index (χ4v) is 12.3. The van der Waals surface area contributed by atoms with Crippen LogP contribution in [0.15, 0.2) is 133 Å². The van der Waals surface area contributed by atoms with Crippen molar-refractivity contribution in [3.05, 3.63) is 154 Å². The fourth-order valence-electron chi connectivity index (χ4n) is 12.3. The first-order valence-electron chi connectivity index (χ1n) is 29.2. The number of rotatable bonds is 31. The Labute approximate surface area is 470 Å². The Kier molecular flexibility index (Phi) is 20.5. The molecular weight excluding hydrogens is 1010 g/mol. The highest BCUT2D eigenvalue weighted by molar-refractivity contribution is 6.03. The Morgan fingerprint density at radius 2 is 1.48 bits per heavy atom. The normalized spacial score (nSPS) is 21.0. The van der Waals surface area contributed by atoms with Gasteiger partial charge in [-0.1, -0.05) is 131 Å². The van der Waals surface area contributed by atoms with E-state index in [9.17, 15) is 20.3 Å². The third-order valence-corrected chi connectivity index (χ3v) is 16.3. The van der Waals surface area contributed by atoms with Gasteiger partial charge in [-0.05, 0) is 126 Å². The number of benzene rings is 5. The molecule has 2 N–H and O–H groups in total. The number of non-ortho nitro benzene ring substituents is 1. The molecule has 1 fully saturated rings. The van der Waals surface area contributed by atoms with Crippen molar-refractivity contribution in [2.45, 2.75) is 147 Å². The van der Waals surface area contributed by atoms with Gasteiger partial charge in [0.25, 0.3) is 5.69 Å². The Morgan fingerprint density at radius 1 is 0.787 bits per heavy atom. The van der Waals surface area contributed by atoms with Gasteiger partial charge in [0.2, 0.25) is 12.6 Å². The monoisotopic (exact) mass is 1090 g/mol. The highest BCUT2D eigenvalue weighted by Crippen LogP contribution is 2.62. The van der Waals surface area contributed by atoms with E-state index < -0.39 is 28.8 Å². The molecule has 15 heteroatoms. The van der Waals surface area contributed by atoms with E-state index in [4.69, 9.17) is 38.4 Å². The van der Waals surface area contributed by atoms with Gasteiger partial charge in [0.05, 0.1) is 29.8 Å².